The fourth-order valence-corrected chi connectivity index (χ4v) is 1.75. The number of hydrogen-bond donors (Lipinski definition) is 1. The second-order valence-corrected chi connectivity index (χ2v) is 3.53. The van der Waals surface area contributed by atoms with Crippen LogP contribution >= 0.6 is 11.3 Å². The molecule has 72 valence electrons. The molecule has 0 aliphatic rings. The van der Waals surface area contributed by atoms with Crippen LogP contribution in [0.15, 0.2) is 23.6 Å². The number of aromatic hydroxyl groups is 1. The van der Waals surface area contributed by atoms with Crippen molar-refractivity contribution in [2.75, 3.05) is 0 Å². The standard InChI is InChI=1S/C9H5F2NOS/c10-6-1-5(2-7(11)3-6)9-12-8(13)4-14-9/h1-4,13H. The van der Waals surface area contributed by atoms with E-state index in [4.69, 9.17) is 5.11 Å². The van der Waals surface area contributed by atoms with Crippen molar-refractivity contribution in [3.8, 4) is 16.5 Å². The maximum absolute atomic E-state index is 12.8. The first-order valence-corrected chi connectivity index (χ1v) is 4.64. The summed E-state index contributed by atoms with van der Waals surface area (Å²) < 4.78 is 25.6. The number of nitrogens with zero attached hydrogens (tertiary/aromatic N) is 1. The number of rotatable bonds is 1. The van der Waals surface area contributed by atoms with Gasteiger partial charge in [0.1, 0.15) is 16.6 Å². The highest BCUT2D eigenvalue weighted by Gasteiger charge is 2.06. The molecule has 2 nitrogen and oxygen atoms in total. The SMILES string of the molecule is Oc1csc(-c2cc(F)cc(F)c2)n1. The molecule has 1 aromatic heterocycles. The largest absolute Gasteiger partial charge is 0.493 e. The lowest BCUT2D eigenvalue weighted by molar-refractivity contribution is 0.458. The molecule has 1 aromatic carbocycles. The molecular weight excluding hydrogens is 208 g/mol. The quantitative estimate of drug-likeness (QED) is 0.790. The Morgan fingerprint density at radius 2 is 1.79 bits per heavy atom. The summed E-state index contributed by atoms with van der Waals surface area (Å²) in [7, 11) is 0. The predicted octanol–water partition coefficient (Wildman–Crippen LogP) is 2.79. The van der Waals surface area contributed by atoms with E-state index in [1.54, 1.807) is 0 Å². The van der Waals surface area contributed by atoms with Gasteiger partial charge in [0, 0.05) is 11.6 Å². The van der Waals surface area contributed by atoms with Crippen LogP contribution < -0.4 is 0 Å². The lowest BCUT2D eigenvalue weighted by Crippen LogP contribution is -1.82. The van der Waals surface area contributed by atoms with E-state index in [2.05, 4.69) is 4.98 Å². The smallest absolute Gasteiger partial charge is 0.222 e. The van der Waals surface area contributed by atoms with E-state index in [0.29, 0.717) is 10.6 Å². The maximum atomic E-state index is 12.8. The Morgan fingerprint density at radius 1 is 1.14 bits per heavy atom. The Bertz CT molecular complexity index is 449. The molecule has 14 heavy (non-hydrogen) atoms. The molecule has 0 fully saturated rings. The lowest BCUT2D eigenvalue weighted by Gasteiger charge is -1.96. The van der Waals surface area contributed by atoms with E-state index in [1.165, 1.54) is 17.5 Å². The zero-order chi connectivity index (χ0) is 10.1. The normalized spacial score (nSPS) is 10.4. The van der Waals surface area contributed by atoms with Gasteiger partial charge in [-0.2, -0.15) is 0 Å². The molecule has 0 unspecified atom stereocenters. The molecule has 0 spiro atoms. The first kappa shape index (κ1) is 9.08. The average Bonchev–Trinajstić information content (AvgIpc) is 2.50. The number of halogens is 2. The summed E-state index contributed by atoms with van der Waals surface area (Å²) in [6, 6.07) is 3.12. The van der Waals surface area contributed by atoms with E-state index >= 15 is 0 Å². The van der Waals surface area contributed by atoms with Crippen molar-refractivity contribution >= 4 is 11.3 Å². The highest BCUT2D eigenvalue weighted by molar-refractivity contribution is 7.13. The molecule has 0 saturated heterocycles. The van der Waals surface area contributed by atoms with Crippen molar-refractivity contribution in [2.24, 2.45) is 0 Å². The molecule has 0 atom stereocenters. The van der Waals surface area contributed by atoms with Gasteiger partial charge in [-0.15, -0.1) is 11.3 Å². The van der Waals surface area contributed by atoms with Gasteiger partial charge in [0.05, 0.1) is 5.38 Å². The number of thiazole rings is 1. The Kier molecular flexibility index (Phi) is 2.17. The number of hydrogen-bond acceptors (Lipinski definition) is 3. The van der Waals surface area contributed by atoms with Crippen LogP contribution in [0.2, 0.25) is 0 Å². The topological polar surface area (TPSA) is 33.1 Å². The molecule has 1 N–H and O–H groups in total. The third-order valence-corrected chi connectivity index (χ3v) is 2.48. The average molecular weight is 213 g/mol. The van der Waals surface area contributed by atoms with Crippen molar-refractivity contribution in [2.45, 2.75) is 0 Å². The van der Waals surface area contributed by atoms with Crippen LogP contribution in [0.25, 0.3) is 10.6 Å². The molecule has 0 amide bonds. The minimum absolute atomic E-state index is 0.144. The van der Waals surface area contributed by atoms with Gasteiger partial charge in [-0.1, -0.05) is 0 Å². The first-order chi connectivity index (χ1) is 6.65. The third kappa shape index (κ3) is 1.72. The highest BCUT2D eigenvalue weighted by Crippen LogP contribution is 2.27. The fourth-order valence-electron chi connectivity index (χ4n) is 1.08. The summed E-state index contributed by atoms with van der Waals surface area (Å²) >= 11 is 1.13. The first-order valence-electron chi connectivity index (χ1n) is 3.76. The summed E-state index contributed by atoms with van der Waals surface area (Å²) in [5.41, 5.74) is 0.327. The summed E-state index contributed by atoms with van der Waals surface area (Å²) in [6.45, 7) is 0. The van der Waals surface area contributed by atoms with Crippen LogP contribution in [0, 0.1) is 11.6 Å². The summed E-state index contributed by atoms with van der Waals surface area (Å²) in [6.07, 6.45) is 0. The maximum Gasteiger partial charge on any atom is 0.222 e. The molecule has 0 radical (unpaired) electrons. The van der Waals surface area contributed by atoms with E-state index in [1.807, 2.05) is 0 Å². The molecule has 0 bridgehead atoms. The van der Waals surface area contributed by atoms with Crippen LogP contribution in [-0.4, -0.2) is 10.1 Å². The minimum atomic E-state index is -0.658. The molecule has 1 heterocycles. The molecule has 0 aliphatic heterocycles. The predicted molar refractivity (Wildman–Crippen MR) is 49.1 cm³/mol. The van der Waals surface area contributed by atoms with Gasteiger partial charge in [0.15, 0.2) is 0 Å². The van der Waals surface area contributed by atoms with E-state index in [9.17, 15) is 8.78 Å². The van der Waals surface area contributed by atoms with E-state index in [-0.39, 0.29) is 5.88 Å². The van der Waals surface area contributed by atoms with Crippen LogP contribution in [0.4, 0.5) is 8.78 Å². The van der Waals surface area contributed by atoms with Gasteiger partial charge in [-0.05, 0) is 12.1 Å². The monoisotopic (exact) mass is 213 g/mol. The van der Waals surface area contributed by atoms with Crippen LogP contribution in [0.1, 0.15) is 0 Å². The second-order valence-electron chi connectivity index (χ2n) is 2.67. The molecule has 2 rings (SSSR count). The molecule has 5 heteroatoms. The molecule has 0 saturated carbocycles. The van der Waals surface area contributed by atoms with Crippen molar-refractivity contribution in [3.63, 3.8) is 0 Å². The van der Waals surface area contributed by atoms with Gasteiger partial charge in [-0.25, -0.2) is 13.8 Å². The minimum Gasteiger partial charge on any atom is -0.493 e. The zero-order valence-corrected chi connectivity index (χ0v) is 7.68. The van der Waals surface area contributed by atoms with Crippen LogP contribution in [-0.2, 0) is 0 Å². The van der Waals surface area contributed by atoms with Crippen LogP contribution in [0.3, 0.4) is 0 Å². The van der Waals surface area contributed by atoms with E-state index in [0.717, 1.165) is 17.4 Å². The van der Waals surface area contributed by atoms with Crippen molar-refractivity contribution in [3.05, 3.63) is 35.2 Å². The van der Waals surface area contributed by atoms with Gasteiger partial charge >= 0.3 is 0 Å². The lowest BCUT2D eigenvalue weighted by atomic mass is 10.2. The van der Waals surface area contributed by atoms with Crippen molar-refractivity contribution < 1.29 is 13.9 Å². The summed E-state index contributed by atoms with van der Waals surface area (Å²) in [5.74, 6) is -1.46. The van der Waals surface area contributed by atoms with Crippen molar-refractivity contribution in [1.82, 2.24) is 4.98 Å². The number of aromatic nitrogens is 1. The highest BCUT2D eigenvalue weighted by atomic mass is 32.1. The molecule has 2 aromatic rings. The summed E-state index contributed by atoms with van der Waals surface area (Å²) in [4.78, 5) is 3.70. The Morgan fingerprint density at radius 3 is 2.29 bits per heavy atom. The van der Waals surface area contributed by atoms with Gasteiger partial charge in [0.25, 0.3) is 0 Å². The van der Waals surface area contributed by atoms with Gasteiger partial charge < -0.3 is 5.11 Å². The van der Waals surface area contributed by atoms with Gasteiger partial charge in [-0.3, -0.25) is 0 Å². The fraction of sp³-hybridized carbons (Fsp3) is 0. The van der Waals surface area contributed by atoms with E-state index < -0.39 is 11.6 Å². The third-order valence-electron chi connectivity index (χ3n) is 1.60. The second kappa shape index (κ2) is 3.34. The van der Waals surface area contributed by atoms with Crippen LogP contribution in [0.5, 0.6) is 5.88 Å². The zero-order valence-electron chi connectivity index (χ0n) is 6.87. The Balaban J connectivity index is 2.51. The Hall–Kier alpha value is -1.49. The molecular formula is C9H5F2NOS. The molecule has 0 aliphatic carbocycles. The van der Waals surface area contributed by atoms with Crippen molar-refractivity contribution in [1.29, 1.82) is 0 Å². The van der Waals surface area contributed by atoms with Gasteiger partial charge in [0.2, 0.25) is 5.88 Å². The Labute approximate surface area is 82.5 Å². The number of benzene rings is 1. The summed E-state index contributed by atoms with van der Waals surface area (Å²) in [5, 5.41) is 10.8.